The standard InChI is InChI=1S/C21H26N2O6S/c1-7-28-21(26)16-12(2)17(20(25)23(4)5)30-19(16)22-18(24)13(3)29-15-10-8-9-14(11-15)27-6/h8-11,13H,7H2,1-6H3,(H,22,24). The van der Waals surface area contributed by atoms with Crippen molar-refractivity contribution in [2.75, 3.05) is 33.1 Å². The van der Waals surface area contributed by atoms with Crippen molar-refractivity contribution >= 4 is 34.1 Å². The predicted molar refractivity (Wildman–Crippen MR) is 115 cm³/mol. The van der Waals surface area contributed by atoms with Gasteiger partial charge >= 0.3 is 5.97 Å². The molecule has 1 unspecified atom stereocenters. The van der Waals surface area contributed by atoms with Crippen LogP contribution in [0.3, 0.4) is 0 Å². The van der Waals surface area contributed by atoms with Crippen molar-refractivity contribution in [2.45, 2.75) is 26.9 Å². The fraction of sp³-hybridized carbons (Fsp3) is 0.381. The van der Waals surface area contributed by atoms with Crippen LogP contribution in [0.4, 0.5) is 5.00 Å². The fourth-order valence-electron chi connectivity index (χ4n) is 2.60. The van der Waals surface area contributed by atoms with Gasteiger partial charge in [0, 0.05) is 20.2 Å². The topological polar surface area (TPSA) is 94.2 Å². The Hall–Kier alpha value is -3.07. The molecule has 0 saturated carbocycles. The molecule has 2 aromatic rings. The second-order valence-corrected chi connectivity index (χ2v) is 7.63. The van der Waals surface area contributed by atoms with Crippen LogP contribution in [0.1, 0.15) is 39.4 Å². The molecule has 0 aliphatic carbocycles. The highest BCUT2D eigenvalue weighted by Gasteiger charge is 2.28. The lowest BCUT2D eigenvalue weighted by Gasteiger charge is -2.15. The highest BCUT2D eigenvalue weighted by molar-refractivity contribution is 7.18. The van der Waals surface area contributed by atoms with Crippen LogP contribution in [0.15, 0.2) is 24.3 Å². The maximum Gasteiger partial charge on any atom is 0.341 e. The zero-order valence-electron chi connectivity index (χ0n) is 17.9. The number of ether oxygens (including phenoxy) is 3. The van der Waals surface area contributed by atoms with E-state index in [1.54, 1.807) is 59.1 Å². The van der Waals surface area contributed by atoms with Crippen molar-refractivity contribution in [1.29, 1.82) is 0 Å². The molecule has 8 nitrogen and oxygen atoms in total. The first-order valence-electron chi connectivity index (χ1n) is 9.33. The van der Waals surface area contributed by atoms with Gasteiger partial charge in [0.15, 0.2) is 6.10 Å². The Kier molecular flexibility index (Phi) is 7.82. The SMILES string of the molecule is CCOC(=O)c1c(NC(=O)C(C)Oc2cccc(OC)c2)sc(C(=O)N(C)C)c1C. The van der Waals surface area contributed by atoms with Gasteiger partial charge in [-0.25, -0.2) is 4.79 Å². The molecule has 1 heterocycles. The van der Waals surface area contributed by atoms with E-state index in [2.05, 4.69) is 5.32 Å². The van der Waals surface area contributed by atoms with E-state index in [4.69, 9.17) is 14.2 Å². The molecule has 0 saturated heterocycles. The molecule has 0 fully saturated rings. The molecule has 1 aromatic heterocycles. The number of nitrogens with zero attached hydrogens (tertiary/aromatic N) is 1. The van der Waals surface area contributed by atoms with E-state index in [1.165, 1.54) is 12.0 Å². The first-order chi connectivity index (χ1) is 14.2. The average molecular weight is 435 g/mol. The highest BCUT2D eigenvalue weighted by Crippen LogP contribution is 2.34. The van der Waals surface area contributed by atoms with E-state index in [0.29, 0.717) is 21.9 Å². The summed E-state index contributed by atoms with van der Waals surface area (Å²) in [6.07, 6.45) is -0.859. The normalized spacial score (nSPS) is 11.4. The Morgan fingerprint density at radius 1 is 1.20 bits per heavy atom. The number of carbonyl (C=O) groups is 3. The molecular formula is C21H26N2O6S. The monoisotopic (exact) mass is 434 g/mol. The van der Waals surface area contributed by atoms with Crippen molar-refractivity contribution in [3.05, 3.63) is 40.3 Å². The van der Waals surface area contributed by atoms with Crippen molar-refractivity contribution in [2.24, 2.45) is 0 Å². The highest BCUT2D eigenvalue weighted by atomic mass is 32.1. The van der Waals surface area contributed by atoms with Crippen LogP contribution in [0.2, 0.25) is 0 Å². The zero-order valence-corrected chi connectivity index (χ0v) is 18.7. The number of anilines is 1. The molecule has 0 aliphatic heterocycles. The van der Waals surface area contributed by atoms with Gasteiger partial charge in [0.2, 0.25) is 0 Å². The molecule has 0 radical (unpaired) electrons. The summed E-state index contributed by atoms with van der Waals surface area (Å²) in [6.45, 7) is 5.11. The van der Waals surface area contributed by atoms with Gasteiger partial charge < -0.3 is 24.4 Å². The number of hydrogen-bond acceptors (Lipinski definition) is 7. The number of methoxy groups -OCH3 is 1. The van der Waals surface area contributed by atoms with Crippen LogP contribution in [0.25, 0.3) is 0 Å². The lowest BCUT2D eigenvalue weighted by atomic mass is 10.1. The smallest absolute Gasteiger partial charge is 0.341 e. The van der Waals surface area contributed by atoms with Gasteiger partial charge in [-0.2, -0.15) is 0 Å². The Morgan fingerprint density at radius 3 is 2.47 bits per heavy atom. The summed E-state index contributed by atoms with van der Waals surface area (Å²) in [6, 6.07) is 6.89. The molecule has 2 amide bonds. The molecule has 9 heteroatoms. The molecule has 1 aromatic carbocycles. The molecule has 1 atom stereocenters. The van der Waals surface area contributed by atoms with Crippen molar-refractivity contribution in [3.63, 3.8) is 0 Å². The van der Waals surface area contributed by atoms with Crippen LogP contribution in [-0.2, 0) is 9.53 Å². The van der Waals surface area contributed by atoms with E-state index in [0.717, 1.165) is 11.3 Å². The number of thiophene rings is 1. The second-order valence-electron chi connectivity index (χ2n) is 6.61. The number of amides is 2. The molecule has 162 valence electrons. The summed E-state index contributed by atoms with van der Waals surface area (Å²) in [5.74, 6) is -0.253. The Balaban J connectivity index is 2.28. The summed E-state index contributed by atoms with van der Waals surface area (Å²) in [4.78, 5) is 39.4. The van der Waals surface area contributed by atoms with Crippen LogP contribution >= 0.6 is 11.3 Å². The quantitative estimate of drug-likeness (QED) is 0.641. The zero-order chi connectivity index (χ0) is 22.4. The summed E-state index contributed by atoms with van der Waals surface area (Å²) in [5, 5.41) is 2.96. The molecule has 30 heavy (non-hydrogen) atoms. The minimum atomic E-state index is -0.859. The Labute approximate surface area is 179 Å². The first kappa shape index (κ1) is 23.2. The van der Waals surface area contributed by atoms with Gasteiger partial charge in [-0.05, 0) is 38.5 Å². The molecular weight excluding hydrogens is 408 g/mol. The van der Waals surface area contributed by atoms with Crippen molar-refractivity contribution < 1.29 is 28.6 Å². The van der Waals surface area contributed by atoms with Gasteiger partial charge in [-0.1, -0.05) is 6.07 Å². The maximum absolute atomic E-state index is 12.7. The number of hydrogen-bond donors (Lipinski definition) is 1. The maximum atomic E-state index is 12.7. The van der Waals surface area contributed by atoms with Gasteiger partial charge in [0.25, 0.3) is 11.8 Å². The molecule has 0 aliphatic rings. The Bertz CT molecular complexity index is 938. The van der Waals surface area contributed by atoms with Crippen LogP contribution in [-0.4, -0.2) is 56.6 Å². The van der Waals surface area contributed by atoms with Crippen LogP contribution < -0.4 is 14.8 Å². The van der Waals surface area contributed by atoms with E-state index < -0.39 is 18.0 Å². The van der Waals surface area contributed by atoms with Gasteiger partial charge in [-0.3, -0.25) is 9.59 Å². The molecule has 1 N–H and O–H groups in total. The van der Waals surface area contributed by atoms with E-state index >= 15 is 0 Å². The fourth-order valence-corrected chi connectivity index (χ4v) is 3.82. The first-order valence-corrected chi connectivity index (χ1v) is 10.1. The average Bonchev–Trinajstić information content (AvgIpc) is 3.03. The summed E-state index contributed by atoms with van der Waals surface area (Å²) < 4.78 is 15.9. The van der Waals surface area contributed by atoms with Crippen LogP contribution in [0, 0.1) is 6.92 Å². The predicted octanol–water partition coefficient (Wildman–Crippen LogP) is 3.35. The van der Waals surface area contributed by atoms with Crippen molar-refractivity contribution in [3.8, 4) is 11.5 Å². The Morgan fingerprint density at radius 2 is 1.87 bits per heavy atom. The second kappa shape index (κ2) is 10.1. The van der Waals surface area contributed by atoms with Gasteiger partial charge in [-0.15, -0.1) is 11.3 Å². The van der Waals surface area contributed by atoms with Gasteiger partial charge in [0.1, 0.15) is 16.5 Å². The van der Waals surface area contributed by atoms with E-state index in [1.807, 2.05) is 0 Å². The third kappa shape index (κ3) is 5.29. The third-order valence-electron chi connectivity index (χ3n) is 4.19. The minimum Gasteiger partial charge on any atom is -0.497 e. The van der Waals surface area contributed by atoms with Crippen molar-refractivity contribution in [1.82, 2.24) is 4.90 Å². The number of carbonyl (C=O) groups excluding carboxylic acids is 3. The lowest BCUT2D eigenvalue weighted by molar-refractivity contribution is -0.122. The molecule has 2 rings (SSSR count). The molecule has 0 spiro atoms. The third-order valence-corrected chi connectivity index (χ3v) is 5.38. The molecule has 0 bridgehead atoms. The van der Waals surface area contributed by atoms with Gasteiger partial charge in [0.05, 0.1) is 24.2 Å². The van der Waals surface area contributed by atoms with E-state index in [-0.39, 0.29) is 23.1 Å². The summed E-state index contributed by atoms with van der Waals surface area (Å²) in [5.41, 5.74) is 0.641. The largest absolute Gasteiger partial charge is 0.497 e. The van der Waals surface area contributed by atoms with Crippen LogP contribution in [0.5, 0.6) is 11.5 Å². The van der Waals surface area contributed by atoms with E-state index in [9.17, 15) is 14.4 Å². The number of nitrogens with one attached hydrogen (secondary N) is 1. The number of rotatable bonds is 8. The number of esters is 1. The lowest BCUT2D eigenvalue weighted by Crippen LogP contribution is -2.30. The minimum absolute atomic E-state index is 0.174. The summed E-state index contributed by atoms with van der Waals surface area (Å²) in [7, 11) is 4.78. The summed E-state index contributed by atoms with van der Waals surface area (Å²) >= 11 is 1.04. The number of benzene rings is 1.